The van der Waals surface area contributed by atoms with Gasteiger partial charge in [-0.1, -0.05) is 41.6 Å². The number of nitrogens with zero attached hydrogens (tertiary/aromatic N) is 1. The van der Waals surface area contributed by atoms with Gasteiger partial charge in [0.25, 0.3) is 0 Å². The fourth-order valence-electron chi connectivity index (χ4n) is 3.37. The molecule has 4 rings (SSSR count). The Hall–Kier alpha value is -2.62. The number of benzene rings is 2. The van der Waals surface area contributed by atoms with Crippen LogP contribution in [0.25, 0.3) is 11.0 Å². The Kier molecular flexibility index (Phi) is 3.58. The van der Waals surface area contributed by atoms with Crippen molar-refractivity contribution in [2.24, 2.45) is 0 Å². The molecule has 0 radical (unpaired) electrons. The van der Waals surface area contributed by atoms with E-state index in [2.05, 4.69) is 28.7 Å². The van der Waals surface area contributed by atoms with Crippen LogP contribution in [0.5, 0.6) is 0 Å². The highest BCUT2D eigenvalue weighted by Gasteiger charge is 2.22. The van der Waals surface area contributed by atoms with Crippen LogP contribution in [-0.4, -0.2) is 11.1 Å². The summed E-state index contributed by atoms with van der Waals surface area (Å²) >= 11 is 0. The van der Waals surface area contributed by atoms with Crippen LogP contribution >= 0.6 is 0 Å². The van der Waals surface area contributed by atoms with Gasteiger partial charge in [-0.05, 0) is 42.5 Å². The maximum atomic E-state index is 12.4. The van der Waals surface area contributed by atoms with Crippen molar-refractivity contribution in [2.45, 2.75) is 31.7 Å². The van der Waals surface area contributed by atoms with E-state index in [1.807, 2.05) is 30.3 Å². The lowest BCUT2D eigenvalue weighted by Gasteiger charge is -2.26. The van der Waals surface area contributed by atoms with Crippen molar-refractivity contribution in [1.29, 1.82) is 0 Å². The minimum absolute atomic E-state index is 0.00856. The Labute approximate surface area is 134 Å². The fraction of sp³-hybridized carbons (Fsp3) is 0.263. The Balaban J connectivity index is 1.51. The van der Waals surface area contributed by atoms with Crippen LogP contribution in [0.2, 0.25) is 0 Å². The molecule has 1 amide bonds. The van der Waals surface area contributed by atoms with Gasteiger partial charge in [0.15, 0.2) is 5.58 Å². The Morgan fingerprint density at radius 3 is 2.96 bits per heavy atom. The number of para-hydroxylation sites is 1. The number of aryl methyl sites for hydroxylation is 1. The van der Waals surface area contributed by atoms with E-state index in [-0.39, 0.29) is 18.4 Å². The molecule has 1 atom stereocenters. The second-order valence-electron chi connectivity index (χ2n) is 6.01. The van der Waals surface area contributed by atoms with Gasteiger partial charge >= 0.3 is 0 Å². The Morgan fingerprint density at radius 1 is 1.17 bits per heavy atom. The average molecular weight is 306 g/mol. The summed E-state index contributed by atoms with van der Waals surface area (Å²) in [5, 5.41) is 8.10. The van der Waals surface area contributed by atoms with Gasteiger partial charge in [-0.25, -0.2) is 0 Å². The zero-order valence-corrected chi connectivity index (χ0v) is 12.8. The molecule has 23 heavy (non-hydrogen) atoms. The van der Waals surface area contributed by atoms with E-state index >= 15 is 0 Å². The lowest BCUT2D eigenvalue weighted by atomic mass is 9.87. The molecule has 116 valence electrons. The molecule has 0 saturated carbocycles. The second kappa shape index (κ2) is 5.88. The van der Waals surface area contributed by atoms with Crippen LogP contribution < -0.4 is 5.32 Å². The largest absolute Gasteiger partial charge is 0.356 e. The van der Waals surface area contributed by atoms with E-state index in [0.29, 0.717) is 5.69 Å². The fourth-order valence-corrected chi connectivity index (χ4v) is 3.37. The molecule has 4 heteroatoms. The van der Waals surface area contributed by atoms with Crippen molar-refractivity contribution in [3.8, 4) is 0 Å². The van der Waals surface area contributed by atoms with E-state index in [9.17, 15) is 4.79 Å². The van der Waals surface area contributed by atoms with Crippen LogP contribution in [0.4, 0.5) is 0 Å². The van der Waals surface area contributed by atoms with E-state index in [0.717, 1.165) is 30.2 Å². The minimum atomic E-state index is -0.00856. The van der Waals surface area contributed by atoms with Crippen molar-refractivity contribution in [2.75, 3.05) is 0 Å². The molecule has 1 N–H and O–H groups in total. The van der Waals surface area contributed by atoms with Crippen molar-refractivity contribution in [3.63, 3.8) is 0 Å². The first-order chi connectivity index (χ1) is 11.3. The first-order valence-electron chi connectivity index (χ1n) is 8.02. The topological polar surface area (TPSA) is 55.1 Å². The minimum Gasteiger partial charge on any atom is -0.356 e. The summed E-state index contributed by atoms with van der Waals surface area (Å²) in [5.41, 5.74) is 4.01. The van der Waals surface area contributed by atoms with E-state index in [1.165, 1.54) is 11.1 Å². The van der Waals surface area contributed by atoms with Crippen molar-refractivity contribution < 1.29 is 9.32 Å². The number of aromatic nitrogens is 1. The van der Waals surface area contributed by atoms with Gasteiger partial charge in [0.2, 0.25) is 5.91 Å². The number of nitrogens with one attached hydrogen (secondary N) is 1. The predicted octanol–water partition coefficient (Wildman–Crippen LogP) is 3.56. The molecule has 0 aliphatic heterocycles. The molecule has 2 aromatic carbocycles. The summed E-state index contributed by atoms with van der Waals surface area (Å²) in [6, 6.07) is 16.1. The summed E-state index contributed by atoms with van der Waals surface area (Å²) in [7, 11) is 0. The van der Waals surface area contributed by atoms with Crippen molar-refractivity contribution >= 4 is 16.9 Å². The number of hydrogen-bond donors (Lipinski definition) is 1. The summed E-state index contributed by atoms with van der Waals surface area (Å²) in [5.74, 6) is -0.00856. The van der Waals surface area contributed by atoms with Crippen LogP contribution in [0.15, 0.2) is 53.1 Å². The van der Waals surface area contributed by atoms with Gasteiger partial charge in [0, 0.05) is 5.39 Å². The maximum absolute atomic E-state index is 12.4. The molecule has 0 saturated heterocycles. The van der Waals surface area contributed by atoms with E-state index in [1.54, 1.807) is 0 Å². The number of hydrogen-bond acceptors (Lipinski definition) is 3. The van der Waals surface area contributed by atoms with Gasteiger partial charge in [0.05, 0.1) is 12.5 Å². The smallest absolute Gasteiger partial charge is 0.226 e. The first kappa shape index (κ1) is 14.0. The molecule has 4 nitrogen and oxygen atoms in total. The molecular formula is C19H18N2O2. The van der Waals surface area contributed by atoms with Gasteiger partial charge in [0.1, 0.15) is 5.69 Å². The van der Waals surface area contributed by atoms with E-state index < -0.39 is 0 Å². The first-order valence-corrected chi connectivity index (χ1v) is 8.02. The predicted molar refractivity (Wildman–Crippen MR) is 88.0 cm³/mol. The lowest BCUT2D eigenvalue weighted by Crippen LogP contribution is -2.32. The van der Waals surface area contributed by atoms with Crippen LogP contribution in [0, 0.1) is 0 Å². The van der Waals surface area contributed by atoms with Crippen LogP contribution in [-0.2, 0) is 17.6 Å². The molecule has 1 aliphatic rings. The third-order valence-electron chi connectivity index (χ3n) is 4.48. The van der Waals surface area contributed by atoms with Gasteiger partial charge in [-0.15, -0.1) is 0 Å². The Bertz CT molecular complexity index is 853. The normalized spacial score (nSPS) is 17.0. The molecule has 0 fully saturated rings. The molecule has 1 aromatic heterocycles. The zero-order chi connectivity index (χ0) is 15.6. The molecule has 1 heterocycles. The standard InChI is InChI=1S/C19H18N2O2/c22-19(12-17-15-9-3-4-11-18(15)23-21-17)20-16-10-5-7-13-6-1-2-8-14(13)16/h1-4,6,8-9,11,16H,5,7,10,12H2,(H,20,22)/t16-/m0/s1. The summed E-state index contributed by atoms with van der Waals surface area (Å²) in [4.78, 5) is 12.4. The maximum Gasteiger partial charge on any atom is 0.226 e. The quantitative estimate of drug-likeness (QED) is 0.805. The molecule has 0 spiro atoms. The van der Waals surface area contributed by atoms with Crippen LogP contribution in [0.1, 0.15) is 35.7 Å². The number of amides is 1. The molecule has 1 aliphatic carbocycles. The van der Waals surface area contributed by atoms with Crippen LogP contribution in [0.3, 0.4) is 0 Å². The highest BCUT2D eigenvalue weighted by molar-refractivity contribution is 5.86. The monoisotopic (exact) mass is 306 g/mol. The molecule has 0 unspecified atom stereocenters. The van der Waals surface area contributed by atoms with Crippen molar-refractivity contribution in [3.05, 3.63) is 65.4 Å². The number of carbonyl (C=O) groups is 1. The highest BCUT2D eigenvalue weighted by Crippen LogP contribution is 2.29. The summed E-state index contributed by atoms with van der Waals surface area (Å²) in [6.07, 6.45) is 3.43. The SMILES string of the molecule is O=C(Cc1noc2ccccc12)N[C@H]1CCCc2ccccc21. The highest BCUT2D eigenvalue weighted by atomic mass is 16.5. The summed E-state index contributed by atoms with van der Waals surface area (Å²) in [6.45, 7) is 0. The molecular weight excluding hydrogens is 288 g/mol. The lowest BCUT2D eigenvalue weighted by molar-refractivity contribution is -0.121. The van der Waals surface area contributed by atoms with Gasteiger partial charge in [-0.2, -0.15) is 0 Å². The third-order valence-corrected chi connectivity index (χ3v) is 4.48. The third kappa shape index (κ3) is 2.72. The summed E-state index contributed by atoms with van der Waals surface area (Å²) < 4.78 is 5.27. The number of fused-ring (bicyclic) bond motifs is 2. The molecule has 0 bridgehead atoms. The van der Waals surface area contributed by atoms with E-state index in [4.69, 9.17) is 4.52 Å². The number of carbonyl (C=O) groups excluding carboxylic acids is 1. The average Bonchev–Trinajstić information content (AvgIpc) is 2.98. The zero-order valence-electron chi connectivity index (χ0n) is 12.8. The van der Waals surface area contributed by atoms with Crippen molar-refractivity contribution in [1.82, 2.24) is 10.5 Å². The van der Waals surface area contributed by atoms with Gasteiger partial charge in [-0.3, -0.25) is 4.79 Å². The second-order valence-corrected chi connectivity index (χ2v) is 6.01. The Morgan fingerprint density at radius 2 is 2.00 bits per heavy atom. The number of rotatable bonds is 3. The van der Waals surface area contributed by atoms with Gasteiger partial charge < -0.3 is 9.84 Å². The molecule has 3 aromatic rings.